The standard InChI is InChI=1S/C19H26FN3S2/c1-4-22(5-2)10-11-23(14-17-7-6-12-25-17)19(24)21-16-9-8-15(3)18(20)13-16/h6-9,12-13H,4-5,10-11,14H2,1-3H3,(H,21,24)/p+1. The Morgan fingerprint density at radius 2 is 2.04 bits per heavy atom. The van der Waals surface area contributed by atoms with Gasteiger partial charge in [0, 0.05) is 10.6 Å². The molecule has 0 bridgehead atoms. The van der Waals surface area contributed by atoms with Crippen molar-refractivity contribution in [1.29, 1.82) is 0 Å². The van der Waals surface area contributed by atoms with Gasteiger partial charge in [-0.05, 0) is 62.1 Å². The van der Waals surface area contributed by atoms with Gasteiger partial charge in [0.05, 0.1) is 32.7 Å². The van der Waals surface area contributed by atoms with Crippen LogP contribution in [0, 0.1) is 12.7 Å². The van der Waals surface area contributed by atoms with Gasteiger partial charge in [-0.25, -0.2) is 4.39 Å². The summed E-state index contributed by atoms with van der Waals surface area (Å²) in [5.41, 5.74) is 1.33. The highest BCUT2D eigenvalue weighted by molar-refractivity contribution is 7.80. The fourth-order valence-electron chi connectivity index (χ4n) is 2.61. The minimum atomic E-state index is -0.217. The highest BCUT2D eigenvalue weighted by Crippen LogP contribution is 2.16. The number of halogens is 1. The second kappa shape index (κ2) is 9.85. The average Bonchev–Trinajstić information content (AvgIpc) is 3.11. The summed E-state index contributed by atoms with van der Waals surface area (Å²) in [7, 11) is 0. The summed E-state index contributed by atoms with van der Waals surface area (Å²) < 4.78 is 13.8. The second-order valence-corrected chi connectivity index (χ2v) is 7.52. The van der Waals surface area contributed by atoms with Gasteiger partial charge >= 0.3 is 0 Å². The highest BCUT2D eigenvalue weighted by atomic mass is 32.1. The SMILES string of the molecule is CC[NH+](CC)CCN(Cc1cccs1)C(=S)Nc1ccc(C)c(F)c1. The first-order valence-electron chi connectivity index (χ1n) is 8.71. The van der Waals surface area contributed by atoms with E-state index in [4.69, 9.17) is 12.2 Å². The summed E-state index contributed by atoms with van der Waals surface area (Å²) in [6, 6.07) is 9.31. The van der Waals surface area contributed by atoms with Gasteiger partial charge in [0.15, 0.2) is 5.11 Å². The van der Waals surface area contributed by atoms with Crippen molar-refractivity contribution >= 4 is 34.4 Å². The summed E-state index contributed by atoms with van der Waals surface area (Å²) in [6.07, 6.45) is 0. The summed E-state index contributed by atoms with van der Waals surface area (Å²) >= 11 is 7.35. The number of quaternary nitrogens is 1. The third-order valence-electron chi connectivity index (χ3n) is 4.37. The number of thiophene rings is 1. The van der Waals surface area contributed by atoms with Gasteiger partial charge in [-0.15, -0.1) is 11.3 Å². The first kappa shape index (κ1) is 19.8. The molecular formula is C19H27FN3S2+. The van der Waals surface area contributed by atoms with Crippen LogP contribution >= 0.6 is 23.6 Å². The molecule has 1 heterocycles. The molecule has 0 saturated carbocycles. The quantitative estimate of drug-likeness (QED) is 0.686. The van der Waals surface area contributed by atoms with E-state index in [-0.39, 0.29) is 5.82 Å². The Morgan fingerprint density at radius 1 is 1.28 bits per heavy atom. The Morgan fingerprint density at radius 3 is 2.64 bits per heavy atom. The number of aryl methyl sites for hydroxylation is 1. The van der Waals surface area contributed by atoms with Gasteiger partial charge in [-0.3, -0.25) is 0 Å². The number of benzene rings is 1. The minimum Gasteiger partial charge on any atom is -0.338 e. The lowest BCUT2D eigenvalue weighted by Crippen LogP contribution is -3.12. The molecule has 0 saturated heterocycles. The van der Waals surface area contributed by atoms with Crippen molar-refractivity contribution in [2.24, 2.45) is 0 Å². The zero-order chi connectivity index (χ0) is 18.2. The Bertz CT molecular complexity index is 669. The molecule has 2 aromatic rings. The molecule has 0 spiro atoms. The van der Waals surface area contributed by atoms with Crippen molar-refractivity contribution in [2.75, 3.05) is 31.5 Å². The number of anilines is 1. The van der Waals surface area contributed by atoms with E-state index in [1.165, 1.54) is 10.9 Å². The van der Waals surface area contributed by atoms with Gasteiger partial charge in [-0.1, -0.05) is 12.1 Å². The van der Waals surface area contributed by atoms with Gasteiger partial charge in [0.25, 0.3) is 0 Å². The zero-order valence-electron chi connectivity index (χ0n) is 15.1. The number of rotatable bonds is 8. The fraction of sp³-hybridized carbons (Fsp3) is 0.421. The fourth-order valence-corrected chi connectivity index (χ4v) is 3.61. The van der Waals surface area contributed by atoms with Crippen molar-refractivity contribution < 1.29 is 9.29 Å². The van der Waals surface area contributed by atoms with Crippen LogP contribution in [0.15, 0.2) is 35.7 Å². The molecular weight excluding hydrogens is 353 g/mol. The van der Waals surface area contributed by atoms with Crippen LogP contribution in [0.25, 0.3) is 0 Å². The lowest BCUT2D eigenvalue weighted by molar-refractivity contribution is -0.895. The van der Waals surface area contributed by atoms with Crippen LogP contribution in [0.1, 0.15) is 24.3 Å². The maximum absolute atomic E-state index is 13.8. The van der Waals surface area contributed by atoms with E-state index < -0.39 is 0 Å². The number of nitrogens with zero attached hydrogens (tertiary/aromatic N) is 1. The Hall–Kier alpha value is -1.50. The van der Waals surface area contributed by atoms with Gasteiger partial charge < -0.3 is 15.1 Å². The van der Waals surface area contributed by atoms with Crippen molar-refractivity contribution in [3.8, 4) is 0 Å². The van der Waals surface area contributed by atoms with Crippen molar-refractivity contribution in [3.63, 3.8) is 0 Å². The van der Waals surface area contributed by atoms with E-state index in [0.29, 0.717) is 16.4 Å². The molecule has 0 fully saturated rings. The zero-order valence-corrected chi connectivity index (χ0v) is 16.8. The monoisotopic (exact) mass is 380 g/mol. The van der Waals surface area contributed by atoms with E-state index in [9.17, 15) is 4.39 Å². The largest absolute Gasteiger partial charge is 0.338 e. The van der Waals surface area contributed by atoms with E-state index in [0.717, 1.165) is 32.7 Å². The van der Waals surface area contributed by atoms with Crippen LogP contribution in [-0.4, -0.2) is 36.2 Å². The van der Waals surface area contributed by atoms with Gasteiger partial charge in [0.2, 0.25) is 0 Å². The maximum atomic E-state index is 13.8. The molecule has 0 aliphatic carbocycles. The molecule has 25 heavy (non-hydrogen) atoms. The first-order chi connectivity index (χ1) is 12.0. The Labute approximate surface area is 159 Å². The third kappa shape index (κ3) is 6.06. The topological polar surface area (TPSA) is 19.7 Å². The van der Waals surface area contributed by atoms with E-state index >= 15 is 0 Å². The molecule has 2 N–H and O–H groups in total. The lowest BCUT2D eigenvalue weighted by Gasteiger charge is -2.27. The van der Waals surface area contributed by atoms with Crippen LogP contribution in [0.2, 0.25) is 0 Å². The summed E-state index contributed by atoms with van der Waals surface area (Å²) in [6.45, 7) is 11.0. The van der Waals surface area contributed by atoms with E-state index in [1.54, 1.807) is 29.2 Å². The van der Waals surface area contributed by atoms with Crippen molar-refractivity contribution in [1.82, 2.24) is 4.90 Å². The van der Waals surface area contributed by atoms with Gasteiger partial charge in [-0.2, -0.15) is 0 Å². The Kier molecular flexibility index (Phi) is 7.81. The number of nitrogens with one attached hydrogen (secondary N) is 2. The molecule has 136 valence electrons. The summed E-state index contributed by atoms with van der Waals surface area (Å²) in [4.78, 5) is 4.98. The molecule has 2 rings (SSSR count). The molecule has 6 heteroatoms. The normalized spacial score (nSPS) is 10.9. The second-order valence-electron chi connectivity index (χ2n) is 6.10. The third-order valence-corrected chi connectivity index (χ3v) is 5.59. The van der Waals surface area contributed by atoms with Crippen LogP contribution in [0.3, 0.4) is 0 Å². The molecule has 3 nitrogen and oxygen atoms in total. The first-order valence-corrected chi connectivity index (χ1v) is 10.00. The molecule has 0 radical (unpaired) electrons. The van der Waals surface area contributed by atoms with Crippen LogP contribution in [0.5, 0.6) is 0 Å². The summed E-state index contributed by atoms with van der Waals surface area (Å²) in [5.74, 6) is -0.217. The lowest BCUT2D eigenvalue weighted by atomic mass is 10.2. The predicted molar refractivity (Wildman–Crippen MR) is 109 cm³/mol. The smallest absolute Gasteiger partial charge is 0.173 e. The van der Waals surface area contributed by atoms with Crippen molar-refractivity contribution in [3.05, 3.63) is 52.0 Å². The predicted octanol–water partition coefficient (Wildman–Crippen LogP) is 3.32. The molecule has 0 atom stereocenters. The molecule has 0 aliphatic heterocycles. The van der Waals surface area contributed by atoms with Crippen LogP contribution in [-0.2, 0) is 6.54 Å². The maximum Gasteiger partial charge on any atom is 0.173 e. The van der Waals surface area contributed by atoms with Gasteiger partial charge in [0.1, 0.15) is 5.82 Å². The number of thiocarbonyl (C=S) groups is 1. The number of hydrogen-bond acceptors (Lipinski definition) is 2. The van der Waals surface area contributed by atoms with E-state index in [2.05, 4.69) is 41.6 Å². The Balaban J connectivity index is 2.06. The average molecular weight is 381 g/mol. The van der Waals surface area contributed by atoms with E-state index in [1.807, 2.05) is 6.07 Å². The molecule has 0 amide bonds. The molecule has 1 aromatic carbocycles. The minimum absolute atomic E-state index is 0.217. The molecule has 0 aliphatic rings. The number of hydrogen-bond donors (Lipinski definition) is 2. The molecule has 0 unspecified atom stereocenters. The number of likely N-dealkylation sites (N-methyl/N-ethyl adjacent to an activating group) is 1. The molecule has 1 aromatic heterocycles. The summed E-state index contributed by atoms with van der Waals surface area (Å²) in [5, 5.41) is 5.92. The van der Waals surface area contributed by atoms with Crippen LogP contribution in [0.4, 0.5) is 10.1 Å². The highest BCUT2D eigenvalue weighted by Gasteiger charge is 2.14. The van der Waals surface area contributed by atoms with Crippen molar-refractivity contribution in [2.45, 2.75) is 27.3 Å². The van der Waals surface area contributed by atoms with Crippen LogP contribution < -0.4 is 10.2 Å².